The third-order valence-corrected chi connectivity index (χ3v) is 4.52. The second-order valence-electron chi connectivity index (χ2n) is 5.55. The van der Waals surface area contributed by atoms with Crippen molar-refractivity contribution in [2.24, 2.45) is 11.8 Å². The van der Waals surface area contributed by atoms with Crippen LogP contribution in [0.2, 0.25) is 0 Å². The van der Waals surface area contributed by atoms with E-state index in [0.717, 1.165) is 0 Å². The summed E-state index contributed by atoms with van der Waals surface area (Å²) < 4.78 is 16.2. The Hall–Kier alpha value is -2.34. The third kappa shape index (κ3) is 1.30. The first-order valence-corrected chi connectivity index (χ1v) is 6.85. The predicted octanol–water partition coefficient (Wildman–Crippen LogP) is 0.858. The van der Waals surface area contributed by atoms with Crippen molar-refractivity contribution in [2.45, 2.75) is 12.2 Å². The van der Waals surface area contributed by atoms with Crippen molar-refractivity contribution < 1.29 is 23.8 Å². The lowest BCUT2D eigenvalue weighted by atomic mass is 9.85. The van der Waals surface area contributed by atoms with E-state index in [0.29, 0.717) is 17.2 Å². The minimum absolute atomic E-state index is 0.161. The molecule has 2 bridgehead atoms. The minimum Gasteiger partial charge on any atom is -0.454 e. The monoisotopic (exact) mass is 285 g/mol. The van der Waals surface area contributed by atoms with Crippen LogP contribution < -0.4 is 14.4 Å². The van der Waals surface area contributed by atoms with E-state index in [1.54, 1.807) is 18.2 Å². The van der Waals surface area contributed by atoms with E-state index in [-0.39, 0.29) is 30.8 Å². The predicted molar refractivity (Wildman–Crippen MR) is 69.8 cm³/mol. The Kier molecular flexibility index (Phi) is 1.97. The van der Waals surface area contributed by atoms with Gasteiger partial charge in [-0.1, -0.05) is 12.2 Å². The van der Waals surface area contributed by atoms with Crippen molar-refractivity contribution in [3.63, 3.8) is 0 Å². The molecule has 2 saturated heterocycles. The number of rotatable bonds is 1. The maximum Gasteiger partial charge on any atom is 0.240 e. The lowest BCUT2D eigenvalue weighted by Gasteiger charge is -2.17. The zero-order valence-corrected chi connectivity index (χ0v) is 10.9. The quantitative estimate of drug-likeness (QED) is 0.565. The van der Waals surface area contributed by atoms with Crippen LogP contribution in [0.3, 0.4) is 0 Å². The van der Waals surface area contributed by atoms with Gasteiger partial charge < -0.3 is 14.2 Å². The van der Waals surface area contributed by atoms with Crippen LogP contribution in [-0.2, 0) is 14.3 Å². The van der Waals surface area contributed by atoms with Crippen molar-refractivity contribution in [3.05, 3.63) is 30.4 Å². The highest BCUT2D eigenvalue weighted by Gasteiger charge is 2.61. The van der Waals surface area contributed by atoms with Gasteiger partial charge in [0, 0.05) is 6.07 Å². The van der Waals surface area contributed by atoms with Gasteiger partial charge in [0.2, 0.25) is 18.6 Å². The molecule has 0 saturated carbocycles. The van der Waals surface area contributed by atoms with Crippen molar-refractivity contribution >= 4 is 17.5 Å². The number of anilines is 1. The Morgan fingerprint density at radius 2 is 1.62 bits per heavy atom. The van der Waals surface area contributed by atoms with Crippen LogP contribution in [0, 0.1) is 11.8 Å². The summed E-state index contributed by atoms with van der Waals surface area (Å²) in [4.78, 5) is 26.5. The number of fused-ring (bicyclic) bond motifs is 6. The van der Waals surface area contributed by atoms with E-state index in [2.05, 4.69) is 0 Å². The number of benzene rings is 1. The Labute approximate surface area is 119 Å². The third-order valence-electron chi connectivity index (χ3n) is 4.52. The first kappa shape index (κ1) is 11.3. The fourth-order valence-corrected chi connectivity index (χ4v) is 3.58. The molecule has 2 amide bonds. The van der Waals surface area contributed by atoms with Crippen LogP contribution in [-0.4, -0.2) is 30.8 Å². The van der Waals surface area contributed by atoms with E-state index in [9.17, 15) is 9.59 Å². The number of imide groups is 1. The van der Waals surface area contributed by atoms with Crippen molar-refractivity contribution in [2.75, 3.05) is 11.7 Å². The van der Waals surface area contributed by atoms with E-state index < -0.39 is 11.8 Å². The van der Waals surface area contributed by atoms with E-state index >= 15 is 0 Å². The molecule has 0 aliphatic carbocycles. The fraction of sp³-hybridized carbons (Fsp3) is 0.333. The van der Waals surface area contributed by atoms with Crippen LogP contribution in [0.4, 0.5) is 5.69 Å². The van der Waals surface area contributed by atoms with Gasteiger partial charge in [-0.25, -0.2) is 4.90 Å². The normalized spacial score (nSPS) is 35.0. The highest BCUT2D eigenvalue weighted by molar-refractivity contribution is 6.23. The molecule has 1 aromatic carbocycles. The molecule has 6 heteroatoms. The summed E-state index contributed by atoms with van der Waals surface area (Å²) in [6, 6.07) is 5.10. The first-order valence-electron chi connectivity index (χ1n) is 6.85. The molecule has 21 heavy (non-hydrogen) atoms. The fourth-order valence-electron chi connectivity index (χ4n) is 3.58. The highest BCUT2D eigenvalue weighted by Crippen LogP contribution is 2.47. The van der Waals surface area contributed by atoms with Crippen LogP contribution >= 0.6 is 0 Å². The molecule has 0 radical (unpaired) electrons. The molecule has 0 spiro atoms. The Morgan fingerprint density at radius 1 is 0.952 bits per heavy atom. The zero-order valence-electron chi connectivity index (χ0n) is 10.9. The summed E-state index contributed by atoms with van der Waals surface area (Å²) in [6.07, 6.45) is 3.21. The Morgan fingerprint density at radius 3 is 2.33 bits per heavy atom. The highest BCUT2D eigenvalue weighted by atomic mass is 16.7. The van der Waals surface area contributed by atoms with Crippen molar-refractivity contribution in [3.8, 4) is 11.5 Å². The Balaban J connectivity index is 1.56. The standard InChI is InChI=1S/C15H11NO5/c17-14-12-9-3-4-10(21-9)13(12)15(18)16(14)7-1-2-8-11(5-7)20-6-19-8/h1-5,9-10,12-13H,6H2/t9-,10-,12-,13-/m1/s1. The number of nitrogens with zero attached hydrogens (tertiary/aromatic N) is 1. The van der Waals surface area contributed by atoms with Crippen LogP contribution in [0.25, 0.3) is 0 Å². The molecule has 1 aromatic rings. The molecule has 4 aliphatic heterocycles. The van der Waals surface area contributed by atoms with Crippen LogP contribution in [0.15, 0.2) is 30.4 Å². The largest absolute Gasteiger partial charge is 0.454 e. The molecule has 0 N–H and O–H groups in total. The van der Waals surface area contributed by atoms with Gasteiger partial charge in [0.25, 0.3) is 0 Å². The summed E-state index contributed by atoms with van der Waals surface area (Å²) in [5.41, 5.74) is 0.531. The van der Waals surface area contributed by atoms with E-state index in [4.69, 9.17) is 14.2 Å². The van der Waals surface area contributed by atoms with Crippen molar-refractivity contribution in [1.82, 2.24) is 0 Å². The number of carbonyl (C=O) groups is 2. The molecule has 2 fully saturated rings. The van der Waals surface area contributed by atoms with E-state index in [1.165, 1.54) is 4.90 Å². The molecule has 106 valence electrons. The van der Waals surface area contributed by atoms with Crippen LogP contribution in [0.1, 0.15) is 0 Å². The van der Waals surface area contributed by atoms with Gasteiger partial charge in [0.05, 0.1) is 29.7 Å². The minimum atomic E-state index is -0.391. The van der Waals surface area contributed by atoms with Gasteiger partial charge in [-0.15, -0.1) is 0 Å². The molecule has 4 heterocycles. The van der Waals surface area contributed by atoms with Crippen molar-refractivity contribution in [1.29, 1.82) is 0 Å². The van der Waals surface area contributed by atoms with Gasteiger partial charge in [-0.2, -0.15) is 0 Å². The molecule has 6 nitrogen and oxygen atoms in total. The second-order valence-corrected chi connectivity index (χ2v) is 5.55. The van der Waals surface area contributed by atoms with Gasteiger partial charge in [-0.05, 0) is 12.1 Å². The smallest absolute Gasteiger partial charge is 0.240 e. The van der Waals surface area contributed by atoms with Gasteiger partial charge in [0.1, 0.15) is 0 Å². The maximum atomic E-state index is 12.6. The lowest BCUT2D eigenvalue weighted by Crippen LogP contribution is -2.34. The summed E-state index contributed by atoms with van der Waals surface area (Å²) in [6.45, 7) is 0.161. The number of ether oxygens (including phenoxy) is 3. The van der Waals surface area contributed by atoms with Gasteiger partial charge in [-0.3, -0.25) is 9.59 Å². The number of hydrogen-bond acceptors (Lipinski definition) is 5. The number of hydrogen-bond donors (Lipinski definition) is 0. The van der Waals surface area contributed by atoms with Gasteiger partial charge in [0.15, 0.2) is 11.5 Å². The Bertz CT molecular complexity index is 682. The van der Waals surface area contributed by atoms with Gasteiger partial charge >= 0.3 is 0 Å². The van der Waals surface area contributed by atoms with E-state index in [1.807, 2.05) is 12.2 Å². The first-order chi connectivity index (χ1) is 10.2. The topological polar surface area (TPSA) is 65.1 Å². The number of carbonyl (C=O) groups excluding carboxylic acids is 2. The average Bonchev–Trinajstić information content (AvgIpc) is 3.22. The maximum absolute atomic E-state index is 12.6. The summed E-state index contributed by atoms with van der Waals surface area (Å²) >= 11 is 0. The molecule has 4 aliphatic rings. The zero-order chi connectivity index (χ0) is 14.1. The number of amides is 2. The average molecular weight is 285 g/mol. The summed E-state index contributed by atoms with van der Waals surface area (Å²) in [7, 11) is 0. The molecular weight excluding hydrogens is 274 g/mol. The SMILES string of the molecule is O=C1[C@H]2[C@H](C(=O)N1c1ccc3c(c1)OCO3)[C@H]1C=C[C@H]2O1. The lowest BCUT2D eigenvalue weighted by molar-refractivity contribution is -0.124. The second kappa shape index (κ2) is 3.65. The molecular formula is C15H11NO5. The molecule has 0 aromatic heterocycles. The van der Waals surface area contributed by atoms with Crippen LogP contribution in [0.5, 0.6) is 11.5 Å². The molecule has 0 unspecified atom stereocenters. The molecule has 4 atom stereocenters. The summed E-state index contributed by atoms with van der Waals surface area (Å²) in [5, 5.41) is 0. The molecule has 5 rings (SSSR count). The summed E-state index contributed by atoms with van der Waals surface area (Å²) in [5.74, 6) is 0.0166.